The van der Waals surface area contributed by atoms with Gasteiger partial charge in [-0.1, -0.05) is 0 Å². The summed E-state index contributed by atoms with van der Waals surface area (Å²) in [6.45, 7) is 3.77. The smallest absolute Gasteiger partial charge is 0.328 e. The number of carbonyl (C=O) groups excluding carboxylic acids is 1. The molecule has 1 amide bonds. The summed E-state index contributed by atoms with van der Waals surface area (Å²) < 4.78 is 5.02. The van der Waals surface area contributed by atoms with Gasteiger partial charge in [0, 0.05) is 6.54 Å². The molecule has 6 heteroatoms. The Hall–Kier alpha value is -1.14. The summed E-state index contributed by atoms with van der Waals surface area (Å²) in [5.41, 5.74) is 4.60. The number of hydrogen-bond donors (Lipinski definition) is 2. The van der Waals surface area contributed by atoms with Crippen molar-refractivity contribution in [2.24, 2.45) is 5.73 Å². The van der Waals surface area contributed by atoms with Gasteiger partial charge in [-0.15, -0.1) is 0 Å². The lowest BCUT2D eigenvalue weighted by atomic mass is 10.0. The SMILES string of the molecule is CC(C)(N)C(=O)N1CCOCC1C(=O)O. The molecule has 3 N–H and O–H groups in total. The fourth-order valence-corrected chi connectivity index (χ4v) is 1.42. The summed E-state index contributed by atoms with van der Waals surface area (Å²) in [4.78, 5) is 24.0. The van der Waals surface area contributed by atoms with E-state index in [0.717, 1.165) is 0 Å². The number of rotatable bonds is 2. The van der Waals surface area contributed by atoms with Crippen LogP contribution < -0.4 is 5.73 Å². The van der Waals surface area contributed by atoms with Crippen LogP contribution >= 0.6 is 0 Å². The van der Waals surface area contributed by atoms with Gasteiger partial charge >= 0.3 is 5.97 Å². The third-order valence-corrected chi connectivity index (χ3v) is 2.23. The predicted octanol–water partition coefficient (Wildman–Crippen LogP) is -0.964. The molecule has 0 aliphatic carbocycles. The van der Waals surface area contributed by atoms with E-state index in [4.69, 9.17) is 15.6 Å². The quantitative estimate of drug-likeness (QED) is 0.620. The van der Waals surface area contributed by atoms with E-state index in [1.165, 1.54) is 4.90 Å². The number of carbonyl (C=O) groups is 2. The second-order valence-corrected chi connectivity index (χ2v) is 4.15. The molecule has 0 saturated carbocycles. The molecular weight excluding hydrogens is 200 g/mol. The van der Waals surface area contributed by atoms with Crippen LogP contribution in [-0.2, 0) is 14.3 Å². The van der Waals surface area contributed by atoms with E-state index in [-0.39, 0.29) is 19.1 Å². The summed E-state index contributed by atoms with van der Waals surface area (Å²) in [6.07, 6.45) is 0. The number of hydrogen-bond acceptors (Lipinski definition) is 4. The number of nitrogens with two attached hydrogens (primary N) is 1. The van der Waals surface area contributed by atoms with Crippen molar-refractivity contribution >= 4 is 11.9 Å². The molecule has 0 radical (unpaired) electrons. The van der Waals surface area contributed by atoms with Crippen LogP contribution in [0.4, 0.5) is 0 Å². The highest BCUT2D eigenvalue weighted by atomic mass is 16.5. The zero-order valence-electron chi connectivity index (χ0n) is 8.90. The Kier molecular flexibility index (Phi) is 3.31. The van der Waals surface area contributed by atoms with Crippen LogP contribution in [0, 0.1) is 0 Å². The summed E-state index contributed by atoms with van der Waals surface area (Å²) in [5, 5.41) is 8.91. The second-order valence-electron chi connectivity index (χ2n) is 4.15. The highest BCUT2D eigenvalue weighted by molar-refractivity contribution is 5.89. The topological polar surface area (TPSA) is 92.9 Å². The molecule has 1 atom stereocenters. The average molecular weight is 216 g/mol. The first-order valence-corrected chi connectivity index (χ1v) is 4.74. The molecule has 0 bridgehead atoms. The lowest BCUT2D eigenvalue weighted by Gasteiger charge is -2.36. The Balaban J connectivity index is 2.81. The Morgan fingerprint density at radius 3 is 2.60 bits per heavy atom. The van der Waals surface area contributed by atoms with Crippen molar-refractivity contribution in [3.8, 4) is 0 Å². The summed E-state index contributed by atoms with van der Waals surface area (Å²) in [6, 6.07) is -0.922. The average Bonchev–Trinajstić information content (AvgIpc) is 2.15. The highest BCUT2D eigenvalue weighted by Crippen LogP contribution is 2.12. The van der Waals surface area contributed by atoms with Crippen molar-refractivity contribution in [1.82, 2.24) is 4.90 Å². The number of amides is 1. The van der Waals surface area contributed by atoms with Gasteiger partial charge in [0.1, 0.15) is 0 Å². The zero-order chi connectivity index (χ0) is 11.6. The first-order valence-electron chi connectivity index (χ1n) is 4.74. The third kappa shape index (κ3) is 2.66. The van der Waals surface area contributed by atoms with Crippen LogP contribution in [0.2, 0.25) is 0 Å². The molecule has 0 spiro atoms. The standard InChI is InChI=1S/C9H16N2O4/c1-9(2,10)8(14)11-3-4-15-5-6(11)7(12)13/h6H,3-5,10H2,1-2H3,(H,12,13). The fourth-order valence-electron chi connectivity index (χ4n) is 1.42. The molecule has 1 aliphatic heterocycles. The lowest BCUT2D eigenvalue weighted by molar-refractivity contribution is -0.160. The van der Waals surface area contributed by atoms with Crippen LogP contribution in [0.3, 0.4) is 0 Å². The summed E-state index contributed by atoms with van der Waals surface area (Å²) >= 11 is 0. The van der Waals surface area contributed by atoms with Crippen LogP contribution in [0.1, 0.15) is 13.8 Å². The van der Waals surface area contributed by atoms with E-state index in [0.29, 0.717) is 6.61 Å². The second kappa shape index (κ2) is 4.16. The number of ether oxygens (including phenoxy) is 1. The van der Waals surface area contributed by atoms with Gasteiger partial charge in [-0.2, -0.15) is 0 Å². The number of morpholine rings is 1. The Morgan fingerprint density at radius 2 is 2.13 bits per heavy atom. The van der Waals surface area contributed by atoms with Gasteiger partial charge in [0.25, 0.3) is 0 Å². The molecule has 1 rings (SSSR count). The van der Waals surface area contributed by atoms with Gasteiger partial charge in [-0.05, 0) is 13.8 Å². The maximum absolute atomic E-state index is 11.8. The largest absolute Gasteiger partial charge is 0.480 e. The van der Waals surface area contributed by atoms with Crippen molar-refractivity contribution in [2.45, 2.75) is 25.4 Å². The van der Waals surface area contributed by atoms with E-state index >= 15 is 0 Å². The van der Waals surface area contributed by atoms with Crippen LogP contribution in [-0.4, -0.2) is 53.2 Å². The van der Waals surface area contributed by atoms with Gasteiger partial charge in [-0.25, -0.2) is 4.79 Å². The van der Waals surface area contributed by atoms with E-state index in [2.05, 4.69) is 0 Å². The molecule has 0 aromatic carbocycles. The number of carboxylic acid groups (broad SMARTS) is 1. The molecule has 1 fully saturated rings. The van der Waals surface area contributed by atoms with Crippen LogP contribution in [0.15, 0.2) is 0 Å². The monoisotopic (exact) mass is 216 g/mol. The van der Waals surface area contributed by atoms with Gasteiger partial charge < -0.3 is 20.5 Å². The first kappa shape index (κ1) is 11.9. The normalized spacial score (nSPS) is 22.6. The Bertz CT molecular complexity index is 272. The van der Waals surface area contributed by atoms with Crippen LogP contribution in [0.25, 0.3) is 0 Å². The van der Waals surface area contributed by atoms with E-state index < -0.39 is 17.6 Å². The Morgan fingerprint density at radius 1 is 1.53 bits per heavy atom. The molecule has 1 heterocycles. The summed E-state index contributed by atoms with van der Waals surface area (Å²) in [7, 11) is 0. The van der Waals surface area contributed by atoms with Gasteiger partial charge in [0.15, 0.2) is 6.04 Å². The molecule has 1 aliphatic rings. The number of nitrogens with zero attached hydrogens (tertiary/aromatic N) is 1. The van der Waals surface area contributed by atoms with Gasteiger partial charge in [0.05, 0.1) is 18.8 Å². The molecular formula is C9H16N2O4. The first-order chi connectivity index (χ1) is 6.84. The maximum atomic E-state index is 11.8. The molecule has 6 nitrogen and oxygen atoms in total. The number of carboxylic acids is 1. The van der Waals surface area contributed by atoms with Gasteiger partial charge in [-0.3, -0.25) is 4.79 Å². The molecule has 0 aromatic heterocycles. The highest BCUT2D eigenvalue weighted by Gasteiger charge is 2.37. The van der Waals surface area contributed by atoms with Gasteiger partial charge in [0.2, 0.25) is 5.91 Å². The molecule has 86 valence electrons. The van der Waals surface area contributed by atoms with Crippen molar-refractivity contribution in [2.75, 3.05) is 19.8 Å². The Labute approximate surface area is 88.0 Å². The van der Waals surface area contributed by atoms with E-state index in [1.807, 2.05) is 0 Å². The van der Waals surface area contributed by atoms with Crippen molar-refractivity contribution in [3.63, 3.8) is 0 Å². The molecule has 15 heavy (non-hydrogen) atoms. The minimum atomic E-state index is -1.06. The molecule has 1 saturated heterocycles. The molecule has 0 aromatic rings. The maximum Gasteiger partial charge on any atom is 0.328 e. The number of aliphatic carboxylic acids is 1. The molecule has 1 unspecified atom stereocenters. The van der Waals surface area contributed by atoms with E-state index in [9.17, 15) is 9.59 Å². The fraction of sp³-hybridized carbons (Fsp3) is 0.778. The minimum Gasteiger partial charge on any atom is -0.480 e. The van der Waals surface area contributed by atoms with Crippen molar-refractivity contribution < 1.29 is 19.4 Å². The minimum absolute atomic E-state index is 0.0250. The van der Waals surface area contributed by atoms with E-state index in [1.54, 1.807) is 13.8 Å². The predicted molar refractivity (Wildman–Crippen MR) is 52.2 cm³/mol. The van der Waals surface area contributed by atoms with Crippen LogP contribution in [0.5, 0.6) is 0 Å². The third-order valence-electron chi connectivity index (χ3n) is 2.23. The van der Waals surface area contributed by atoms with Crippen molar-refractivity contribution in [1.29, 1.82) is 0 Å². The van der Waals surface area contributed by atoms with Crippen molar-refractivity contribution in [3.05, 3.63) is 0 Å². The summed E-state index contributed by atoms with van der Waals surface area (Å²) in [5.74, 6) is -1.43. The zero-order valence-corrected chi connectivity index (χ0v) is 8.90. The lowest BCUT2D eigenvalue weighted by Crippen LogP contribution is -2.60.